The highest BCUT2D eigenvalue weighted by Gasteiger charge is 2.72. The molecule has 2 aliphatic heterocycles. The van der Waals surface area contributed by atoms with Crippen LogP contribution in [0.25, 0.3) is 0 Å². The van der Waals surface area contributed by atoms with E-state index in [1.54, 1.807) is 6.07 Å². The van der Waals surface area contributed by atoms with Crippen LogP contribution in [0.5, 0.6) is 11.5 Å². The van der Waals surface area contributed by atoms with Gasteiger partial charge in [-0.25, -0.2) is 0 Å². The Bertz CT molecular complexity index is 747. The molecule has 5 unspecified atom stereocenters. The number of likely N-dealkylation sites (tertiary alicyclic amines) is 1. The molecule has 2 heterocycles. The highest BCUT2D eigenvalue weighted by Crippen LogP contribution is 2.71. The van der Waals surface area contributed by atoms with E-state index in [1.807, 2.05) is 6.07 Å². The second-order valence-electron chi connectivity index (χ2n) is 9.66. The van der Waals surface area contributed by atoms with Crippen molar-refractivity contribution < 1.29 is 14.9 Å². The maximum Gasteiger partial charge on any atom is 0.165 e. The largest absolute Gasteiger partial charge is 0.504 e. The number of aliphatic hydroxyl groups is 1. The summed E-state index contributed by atoms with van der Waals surface area (Å²) in [6.07, 6.45) is 7.55. The number of hydrogen-bond acceptors (Lipinski definition) is 4. The van der Waals surface area contributed by atoms with Crippen molar-refractivity contribution in [3.05, 3.63) is 23.8 Å². The van der Waals surface area contributed by atoms with Gasteiger partial charge in [-0.2, -0.15) is 0 Å². The van der Waals surface area contributed by atoms with Gasteiger partial charge in [-0.1, -0.05) is 12.1 Å². The molecule has 1 aromatic carbocycles. The average Bonchev–Trinajstić information content (AvgIpc) is 3.39. The molecule has 4 aliphatic carbocycles. The van der Waals surface area contributed by atoms with Gasteiger partial charge in [-0.05, 0) is 68.9 Å². The lowest BCUT2D eigenvalue weighted by Gasteiger charge is -2.67. The van der Waals surface area contributed by atoms with Crippen molar-refractivity contribution in [3.8, 4) is 11.5 Å². The van der Waals surface area contributed by atoms with Crippen LogP contribution in [0.4, 0.5) is 0 Å². The van der Waals surface area contributed by atoms with Gasteiger partial charge < -0.3 is 19.8 Å². The molecular weight excluding hydrogens is 326 g/mol. The molecule has 6 aliphatic rings. The van der Waals surface area contributed by atoms with Crippen LogP contribution >= 0.6 is 0 Å². The van der Waals surface area contributed by atoms with Crippen molar-refractivity contribution >= 4 is 0 Å². The molecule has 26 heavy (non-hydrogen) atoms. The molecule has 0 aromatic heterocycles. The lowest BCUT2D eigenvalue weighted by atomic mass is 9.39. The second-order valence-corrected chi connectivity index (χ2v) is 9.66. The first kappa shape index (κ1) is 15.8. The first-order valence-corrected chi connectivity index (χ1v) is 10.5. The van der Waals surface area contributed by atoms with Gasteiger partial charge in [0.05, 0.1) is 0 Å². The monoisotopic (exact) mass is 355 g/mol. The van der Waals surface area contributed by atoms with Crippen molar-refractivity contribution in [1.82, 2.24) is 4.90 Å². The SMILES string of the molecule is OCC1CC2CCC13CN(CC1CC1)CCC31c3cccc(O)c3OC21. The first-order valence-electron chi connectivity index (χ1n) is 10.5. The van der Waals surface area contributed by atoms with Crippen molar-refractivity contribution in [1.29, 1.82) is 0 Å². The van der Waals surface area contributed by atoms with Crippen LogP contribution in [0.15, 0.2) is 18.2 Å². The van der Waals surface area contributed by atoms with E-state index >= 15 is 0 Å². The number of para-hydroxylation sites is 1. The average molecular weight is 355 g/mol. The van der Waals surface area contributed by atoms with Gasteiger partial charge in [0, 0.05) is 36.1 Å². The standard InChI is InChI=1S/C22H29NO3/c24-12-16-10-15-6-7-21(16)13-23(11-14-4-5-14)9-8-22(21)17-2-1-3-18(25)19(17)26-20(15)22/h1-3,14-16,20,24-25H,4-13H2. The summed E-state index contributed by atoms with van der Waals surface area (Å²) in [6, 6.07) is 5.94. The lowest BCUT2D eigenvalue weighted by molar-refractivity contribution is -0.186. The van der Waals surface area contributed by atoms with E-state index in [0.29, 0.717) is 17.6 Å². The van der Waals surface area contributed by atoms with Crippen LogP contribution in [0.2, 0.25) is 0 Å². The van der Waals surface area contributed by atoms with Gasteiger partial charge in [0.2, 0.25) is 0 Å². The van der Waals surface area contributed by atoms with E-state index < -0.39 is 0 Å². The number of phenols is 1. The molecule has 2 N–H and O–H groups in total. The van der Waals surface area contributed by atoms with Crippen LogP contribution in [-0.4, -0.2) is 47.5 Å². The smallest absolute Gasteiger partial charge is 0.165 e. The Morgan fingerprint density at radius 1 is 1.19 bits per heavy atom. The minimum Gasteiger partial charge on any atom is -0.504 e. The van der Waals surface area contributed by atoms with Gasteiger partial charge in [0.15, 0.2) is 11.5 Å². The van der Waals surface area contributed by atoms with E-state index in [-0.39, 0.29) is 23.5 Å². The highest BCUT2D eigenvalue weighted by atomic mass is 16.5. The number of hydrogen-bond donors (Lipinski definition) is 2. The van der Waals surface area contributed by atoms with Crippen molar-refractivity contribution in [2.24, 2.45) is 23.2 Å². The zero-order valence-electron chi connectivity index (χ0n) is 15.4. The first-order chi connectivity index (χ1) is 12.7. The number of nitrogens with zero attached hydrogens (tertiary/aromatic N) is 1. The minimum atomic E-state index is -0.0182. The summed E-state index contributed by atoms with van der Waals surface area (Å²) in [6.45, 7) is 3.74. The van der Waals surface area contributed by atoms with Crippen LogP contribution in [0.1, 0.15) is 44.1 Å². The lowest BCUT2D eigenvalue weighted by Crippen LogP contribution is -2.72. The number of piperidine rings is 1. The molecule has 2 spiro atoms. The molecule has 1 aromatic rings. The molecule has 5 fully saturated rings. The second kappa shape index (κ2) is 5.17. The predicted molar refractivity (Wildman–Crippen MR) is 98.3 cm³/mol. The van der Waals surface area contributed by atoms with E-state index in [2.05, 4.69) is 11.0 Å². The van der Waals surface area contributed by atoms with E-state index in [9.17, 15) is 10.2 Å². The summed E-state index contributed by atoms with van der Waals surface area (Å²) < 4.78 is 6.50. The Balaban J connectivity index is 1.50. The molecule has 4 heteroatoms. The number of phenolic OH excluding ortho intramolecular Hbond substituents is 1. The molecule has 1 saturated heterocycles. The number of aliphatic hydroxyl groups excluding tert-OH is 1. The minimum absolute atomic E-state index is 0.0182. The number of ether oxygens (including phenoxy) is 1. The number of fused-ring (bicyclic) bond motifs is 3. The van der Waals surface area contributed by atoms with E-state index in [1.165, 1.54) is 37.8 Å². The Morgan fingerprint density at radius 2 is 2.08 bits per heavy atom. The Morgan fingerprint density at radius 3 is 2.88 bits per heavy atom. The summed E-state index contributed by atoms with van der Waals surface area (Å²) in [4.78, 5) is 2.69. The molecular formula is C22H29NO3. The van der Waals surface area contributed by atoms with Gasteiger partial charge in [0.25, 0.3) is 0 Å². The number of benzene rings is 1. The molecule has 4 saturated carbocycles. The van der Waals surface area contributed by atoms with Crippen molar-refractivity contribution in [2.75, 3.05) is 26.2 Å². The summed E-state index contributed by atoms with van der Waals surface area (Å²) >= 11 is 0. The third kappa shape index (κ3) is 1.78. The molecule has 4 nitrogen and oxygen atoms in total. The van der Waals surface area contributed by atoms with Crippen LogP contribution in [-0.2, 0) is 5.41 Å². The number of aromatic hydroxyl groups is 1. The van der Waals surface area contributed by atoms with Gasteiger partial charge in [-0.15, -0.1) is 0 Å². The zero-order valence-corrected chi connectivity index (χ0v) is 15.4. The summed E-state index contributed by atoms with van der Waals surface area (Å²) in [5.74, 6) is 2.80. The zero-order chi connectivity index (χ0) is 17.5. The molecule has 7 rings (SSSR count). The highest BCUT2D eigenvalue weighted by molar-refractivity contribution is 5.56. The van der Waals surface area contributed by atoms with E-state index in [4.69, 9.17) is 4.74 Å². The Kier molecular flexibility index (Phi) is 3.13. The van der Waals surface area contributed by atoms with Gasteiger partial charge >= 0.3 is 0 Å². The Hall–Kier alpha value is -1.26. The topological polar surface area (TPSA) is 52.9 Å². The third-order valence-corrected chi connectivity index (χ3v) is 8.61. The Labute approximate surface area is 155 Å². The van der Waals surface area contributed by atoms with E-state index in [0.717, 1.165) is 37.6 Å². The van der Waals surface area contributed by atoms with Crippen LogP contribution in [0, 0.1) is 23.2 Å². The summed E-state index contributed by atoms with van der Waals surface area (Å²) in [5, 5.41) is 20.8. The summed E-state index contributed by atoms with van der Waals surface area (Å²) in [7, 11) is 0. The molecule has 2 bridgehead atoms. The van der Waals surface area contributed by atoms with Crippen LogP contribution < -0.4 is 4.74 Å². The maximum absolute atomic E-state index is 10.5. The fraction of sp³-hybridized carbons (Fsp3) is 0.727. The van der Waals surface area contributed by atoms with Crippen LogP contribution in [0.3, 0.4) is 0 Å². The third-order valence-electron chi connectivity index (χ3n) is 8.61. The summed E-state index contributed by atoms with van der Waals surface area (Å²) in [5.41, 5.74) is 1.31. The quantitative estimate of drug-likeness (QED) is 0.875. The van der Waals surface area contributed by atoms with Crippen molar-refractivity contribution in [3.63, 3.8) is 0 Å². The fourth-order valence-corrected chi connectivity index (χ4v) is 7.41. The molecule has 5 atom stereocenters. The molecule has 0 radical (unpaired) electrons. The predicted octanol–water partition coefficient (Wildman–Crippen LogP) is 2.92. The number of rotatable bonds is 3. The molecule has 140 valence electrons. The van der Waals surface area contributed by atoms with Crippen molar-refractivity contribution in [2.45, 2.75) is 50.0 Å². The van der Waals surface area contributed by atoms with Gasteiger partial charge in [0.1, 0.15) is 6.10 Å². The molecule has 0 amide bonds. The fourth-order valence-electron chi connectivity index (χ4n) is 7.41. The normalized spacial score (nSPS) is 43.5. The maximum atomic E-state index is 10.5. The van der Waals surface area contributed by atoms with Gasteiger partial charge in [-0.3, -0.25) is 0 Å².